The van der Waals surface area contributed by atoms with E-state index in [-0.39, 0.29) is 37.0 Å². The van der Waals surface area contributed by atoms with Crippen molar-refractivity contribution in [2.24, 2.45) is 28.1 Å². The van der Waals surface area contributed by atoms with Gasteiger partial charge in [-0.1, -0.05) is 20.3 Å². The lowest BCUT2D eigenvalue weighted by molar-refractivity contribution is -0.142. The second-order valence-corrected chi connectivity index (χ2v) is 8.72. The lowest BCUT2D eigenvalue weighted by Gasteiger charge is -2.27. The number of carboxylic acids is 1. The van der Waals surface area contributed by atoms with Crippen molar-refractivity contribution in [3.05, 3.63) is 18.2 Å². The molecule has 1 aromatic heterocycles. The number of carboxylic acid groups (broad SMARTS) is 1. The molecular formula is C21H37N9O5S. The van der Waals surface area contributed by atoms with Crippen LogP contribution in [0, 0.1) is 5.92 Å². The van der Waals surface area contributed by atoms with Gasteiger partial charge in [0.2, 0.25) is 17.7 Å². The summed E-state index contributed by atoms with van der Waals surface area (Å²) < 4.78 is 0. The van der Waals surface area contributed by atoms with Crippen molar-refractivity contribution in [3.63, 3.8) is 0 Å². The molecule has 0 spiro atoms. The van der Waals surface area contributed by atoms with E-state index in [1.165, 1.54) is 6.33 Å². The SMILES string of the molecule is CCC(C)C(NC(=O)C(N)Cc1cnc[nH]1)C(=O)NC(CS)C(=O)NC(CCCN=C(N)N)C(=O)O. The van der Waals surface area contributed by atoms with Gasteiger partial charge in [-0.3, -0.25) is 19.4 Å². The van der Waals surface area contributed by atoms with Gasteiger partial charge in [0, 0.05) is 30.6 Å². The summed E-state index contributed by atoms with van der Waals surface area (Å²) in [4.78, 5) is 60.5. The van der Waals surface area contributed by atoms with E-state index in [1.807, 2.05) is 6.92 Å². The first-order valence-electron chi connectivity index (χ1n) is 11.5. The number of nitrogens with one attached hydrogen (secondary N) is 4. The number of aromatic amines is 1. The van der Waals surface area contributed by atoms with E-state index in [0.717, 1.165) is 0 Å². The summed E-state index contributed by atoms with van der Waals surface area (Å²) in [6.07, 6.45) is 4.16. The highest BCUT2D eigenvalue weighted by Gasteiger charge is 2.32. The predicted molar refractivity (Wildman–Crippen MR) is 137 cm³/mol. The van der Waals surface area contributed by atoms with E-state index < -0.39 is 47.9 Å². The molecule has 5 unspecified atom stereocenters. The molecule has 15 heteroatoms. The van der Waals surface area contributed by atoms with Crippen LogP contribution in [-0.4, -0.2) is 81.2 Å². The Morgan fingerprint density at radius 1 is 1.14 bits per heavy atom. The molecule has 0 aromatic carbocycles. The fourth-order valence-corrected chi connectivity index (χ4v) is 3.43. The van der Waals surface area contributed by atoms with Crippen molar-refractivity contribution in [3.8, 4) is 0 Å². The van der Waals surface area contributed by atoms with Crippen molar-refractivity contribution in [2.75, 3.05) is 12.3 Å². The average molecular weight is 528 g/mol. The Bertz CT molecular complexity index is 892. The van der Waals surface area contributed by atoms with Gasteiger partial charge in [-0.2, -0.15) is 12.6 Å². The summed E-state index contributed by atoms with van der Waals surface area (Å²) in [7, 11) is 0. The fourth-order valence-electron chi connectivity index (χ4n) is 3.18. The van der Waals surface area contributed by atoms with Gasteiger partial charge >= 0.3 is 5.97 Å². The minimum atomic E-state index is -1.24. The second kappa shape index (κ2) is 15.6. The maximum Gasteiger partial charge on any atom is 0.326 e. The third-order valence-corrected chi connectivity index (χ3v) is 5.87. The quantitative estimate of drug-likeness (QED) is 0.0491. The molecule has 0 saturated carbocycles. The third kappa shape index (κ3) is 10.5. The Morgan fingerprint density at radius 3 is 2.33 bits per heavy atom. The Hall–Kier alpha value is -3.33. The molecule has 0 aliphatic heterocycles. The number of nitrogens with zero attached hydrogens (tertiary/aromatic N) is 2. The molecule has 5 atom stereocenters. The molecule has 14 nitrogen and oxygen atoms in total. The molecule has 11 N–H and O–H groups in total. The Balaban J connectivity index is 2.80. The second-order valence-electron chi connectivity index (χ2n) is 8.35. The van der Waals surface area contributed by atoms with Gasteiger partial charge in [-0.25, -0.2) is 9.78 Å². The van der Waals surface area contributed by atoms with Crippen molar-refractivity contribution in [1.82, 2.24) is 25.9 Å². The molecule has 202 valence electrons. The number of hydrogen-bond acceptors (Lipinski definition) is 8. The smallest absolute Gasteiger partial charge is 0.326 e. The minimum absolute atomic E-state index is 0.0743. The van der Waals surface area contributed by atoms with Crippen LogP contribution in [0.15, 0.2) is 17.5 Å². The fraction of sp³-hybridized carbons (Fsp3) is 0.619. The third-order valence-electron chi connectivity index (χ3n) is 5.50. The van der Waals surface area contributed by atoms with Crippen LogP contribution in [0.1, 0.15) is 38.8 Å². The van der Waals surface area contributed by atoms with Gasteiger partial charge in [-0.15, -0.1) is 0 Å². The van der Waals surface area contributed by atoms with Gasteiger partial charge in [0.15, 0.2) is 5.96 Å². The standard InChI is InChI=1S/C21H37N9O5S/c1-3-11(2)16(30-17(31)13(22)7-12-8-25-10-27-12)19(33)29-15(9-36)18(32)28-14(20(34)35)5-4-6-26-21(23)24/h8,10-11,13-16,36H,3-7,9,22H2,1-2H3,(H,25,27)(H,28,32)(H,29,33)(H,30,31)(H,34,35)(H4,23,24,26). The van der Waals surface area contributed by atoms with Crippen LogP contribution in [0.2, 0.25) is 0 Å². The van der Waals surface area contributed by atoms with Crippen LogP contribution in [0.25, 0.3) is 0 Å². The highest BCUT2D eigenvalue weighted by molar-refractivity contribution is 7.80. The number of thiol groups is 1. The molecule has 1 aromatic rings. The monoisotopic (exact) mass is 527 g/mol. The van der Waals surface area contributed by atoms with E-state index in [1.54, 1.807) is 13.1 Å². The van der Waals surface area contributed by atoms with Gasteiger partial charge in [-0.05, 0) is 18.8 Å². The number of aliphatic imine (C=N–C) groups is 1. The summed E-state index contributed by atoms with van der Waals surface area (Å²) in [6, 6.07) is -4.25. The molecule has 0 aliphatic carbocycles. The minimum Gasteiger partial charge on any atom is -0.480 e. The molecule has 0 radical (unpaired) electrons. The molecule has 0 bridgehead atoms. The molecule has 1 rings (SSSR count). The van der Waals surface area contributed by atoms with Crippen LogP contribution in [0.5, 0.6) is 0 Å². The highest BCUT2D eigenvalue weighted by Crippen LogP contribution is 2.10. The van der Waals surface area contributed by atoms with Crippen molar-refractivity contribution in [2.45, 2.75) is 63.7 Å². The lowest BCUT2D eigenvalue weighted by Crippen LogP contribution is -2.59. The van der Waals surface area contributed by atoms with Gasteiger partial charge in [0.25, 0.3) is 0 Å². The molecule has 36 heavy (non-hydrogen) atoms. The number of amides is 3. The van der Waals surface area contributed by atoms with Crippen molar-refractivity contribution >= 4 is 42.3 Å². The normalized spacial score (nSPS) is 15.0. The van der Waals surface area contributed by atoms with Crippen molar-refractivity contribution in [1.29, 1.82) is 0 Å². The molecule has 0 aliphatic rings. The lowest BCUT2D eigenvalue weighted by atomic mass is 9.97. The van der Waals surface area contributed by atoms with Crippen LogP contribution in [-0.2, 0) is 25.6 Å². The Morgan fingerprint density at radius 2 is 1.81 bits per heavy atom. The van der Waals surface area contributed by atoms with E-state index in [2.05, 4.69) is 43.5 Å². The van der Waals surface area contributed by atoms with Gasteiger partial charge < -0.3 is 43.2 Å². The molecule has 0 saturated heterocycles. The topological polar surface area (TPSA) is 244 Å². The largest absolute Gasteiger partial charge is 0.480 e. The van der Waals surface area contributed by atoms with E-state index in [9.17, 15) is 24.3 Å². The Kier molecular flexibility index (Phi) is 13.3. The van der Waals surface area contributed by atoms with Crippen molar-refractivity contribution < 1.29 is 24.3 Å². The van der Waals surface area contributed by atoms with Gasteiger partial charge in [0.1, 0.15) is 18.1 Å². The van der Waals surface area contributed by atoms with E-state index in [4.69, 9.17) is 17.2 Å². The summed E-state index contributed by atoms with van der Waals surface area (Å²) in [6.45, 7) is 3.83. The predicted octanol–water partition coefficient (Wildman–Crippen LogP) is -2.15. The van der Waals surface area contributed by atoms with Gasteiger partial charge in [0.05, 0.1) is 12.4 Å². The van der Waals surface area contributed by atoms with Crippen LogP contribution < -0.4 is 33.2 Å². The number of imidazole rings is 1. The summed E-state index contributed by atoms with van der Waals surface area (Å²) in [5.74, 6) is -3.61. The highest BCUT2D eigenvalue weighted by atomic mass is 32.1. The van der Waals surface area contributed by atoms with E-state index >= 15 is 0 Å². The number of rotatable bonds is 16. The molecular weight excluding hydrogens is 490 g/mol. The number of nitrogens with two attached hydrogens (primary N) is 3. The summed E-state index contributed by atoms with van der Waals surface area (Å²) in [5.41, 5.74) is 17.1. The molecule has 3 amide bonds. The summed E-state index contributed by atoms with van der Waals surface area (Å²) in [5, 5.41) is 17.0. The zero-order chi connectivity index (χ0) is 27.3. The molecule has 1 heterocycles. The summed E-state index contributed by atoms with van der Waals surface area (Å²) >= 11 is 4.12. The maximum absolute atomic E-state index is 13.0. The first-order chi connectivity index (χ1) is 17.0. The number of H-pyrrole nitrogens is 1. The number of aromatic nitrogens is 2. The average Bonchev–Trinajstić information content (AvgIpc) is 3.34. The van der Waals surface area contributed by atoms with Crippen LogP contribution >= 0.6 is 12.6 Å². The number of guanidine groups is 1. The van der Waals surface area contributed by atoms with Crippen LogP contribution in [0.4, 0.5) is 0 Å². The van der Waals surface area contributed by atoms with Crippen LogP contribution in [0.3, 0.4) is 0 Å². The number of carbonyl (C=O) groups excluding carboxylic acids is 3. The maximum atomic E-state index is 13.0. The molecule has 0 fully saturated rings. The first-order valence-corrected chi connectivity index (χ1v) is 12.2. The number of aliphatic carboxylic acids is 1. The first kappa shape index (κ1) is 30.7. The number of hydrogen-bond donors (Lipinski definition) is 9. The Labute approximate surface area is 215 Å². The zero-order valence-electron chi connectivity index (χ0n) is 20.4. The zero-order valence-corrected chi connectivity index (χ0v) is 21.3. The van der Waals surface area contributed by atoms with E-state index in [0.29, 0.717) is 18.5 Å². The number of carbonyl (C=O) groups is 4.